The molecule has 0 atom stereocenters. The van der Waals surface area contributed by atoms with E-state index in [1.54, 1.807) is 11.8 Å². The van der Waals surface area contributed by atoms with Crippen LogP contribution in [0.3, 0.4) is 0 Å². The van der Waals surface area contributed by atoms with Gasteiger partial charge in [-0.05, 0) is 6.26 Å². The quantitative estimate of drug-likeness (QED) is 0.569. The molecule has 1 nitrogen and oxygen atoms in total. The zero-order chi connectivity index (χ0) is 14.7. The maximum absolute atomic E-state index is 7.94. The molecule has 3 heteroatoms. The molecule has 0 spiro atoms. The predicted molar refractivity (Wildman–Crippen MR) is 77.2 cm³/mol. The van der Waals surface area contributed by atoms with Crippen LogP contribution in [0.2, 0.25) is 0 Å². The van der Waals surface area contributed by atoms with Gasteiger partial charge in [0.2, 0.25) is 0 Å². The third-order valence-corrected chi connectivity index (χ3v) is 2.92. The molecule has 0 amide bonds. The van der Waals surface area contributed by atoms with Crippen LogP contribution in [0, 0.1) is 32.9 Å². The van der Waals surface area contributed by atoms with Crippen molar-refractivity contribution in [2.24, 2.45) is 0 Å². The van der Waals surface area contributed by atoms with Gasteiger partial charge in [-0.2, -0.15) is 77.0 Å². The molecular formula is C16H18CoOS-2. The third kappa shape index (κ3) is 8.75. The first kappa shape index (κ1) is 18.1. The summed E-state index contributed by atoms with van der Waals surface area (Å²) < 4.78 is 7.94. The van der Waals surface area contributed by atoms with Gasteiger partial charge in [0.1, 0.15) is 0 Å². The van der Waals surface area contributed by atoms with Gasteiger partial charge in [0.25, 0.3) is 0 Å². The summed E-state index contributed by atoms with van der Waals surface area (Å²) in [5.74, 6) is 0. The molecular weight excluding hydrogens is 299 g/mol. The molecule has 0 N–H and O–H groups in total. The normalized spacial score (nSPS) is 8.68. The van der Waals surface area contributed by atoms with Gasteiger partial charge in [0, 0.05) is 0 Å². The van der Waals surface area contributed by atoms with Crippen LogP contribution in [-0.4, -0.2) is 6.26 Å². The zero-order valence-corrected chi connectivity index (χ0v) is 13.5. The molecule has 0 bridgehead atoms. The second-order valence-corrected chi connectivity index (χ2v) is 4.85. The summed E-state index contributed by atoms with van der Waals surface area (Å²) in [5, 5.41) is 0. The van der Waals surface area contributed by atoms with E-state index in [0.29, 0.717) is 0 Å². The Morgan fingerprint density at radius 1 is 1.11 bits per heavy atom. The van der Waals surface area contributed by atoms with Crippen molar-refractivity contribution in [3.8, 4) is 0 Å². The fourth-order valence-corrected chi connectivity index (χ4v) is 2.01. The summed E-state index contributed by atoms with van der Waals surface area (Å²) >= 11 is 4.05. The van der Waals surface area contributed by atoms with E-state index in [-0.39, 0.29) is 0 Å². The van der Waals surface area contributed by atoms with Crippen molar-refractivity contribution in [3.63, 3.8) is 0 Å². The number of benzene rings is 2. The maximum atomic E-state index is 7.94. The van der Waals surface area contributed by atoms with Gasteiger partial charge in [0.05, 0.1) is 0 Å². The van der Waals surface area contributed by atoms with Crippen LogP contribution in [0.1, 0.15) is 16.7 Å². The minimum absolute atomic E-state index is 1.23. The van der Waals surface area contributed by atoms with Crippen molar-refractivity contribution in [1.82, 2.24) is 0 Å². The minimum atomic E-state index is 1.23. The van der Waals surface area contributed by atoms with Crippen molar-refractivity contribution >= 4 is 11.8 Å². The van der Waals surface area contributed by atoms with Crippen molar-refractivity contribution in [1.29, 1.82) is 0 Å². The van der Waals surface area contributed by atoms with Crippen molar-refractivity contribution in [3.05, 3.63) is 65.2 Å². The Kier molecular flexibility index (Phi) is 10.4. The standard InChI is InChI=1S/C9H11.C7H7S.Co.O/c1-7-4-8(2)6-9(3)5-7;1-8-7-5-3-2-4-6-7;;/h4-5H,1-3H3;2-3,5-6H,1H3;;/q2*-1;;. The van der Waals surface area contributed by atoms with E-state index in [0.717, 1.165) is 0 Å². The molecule has 2 rings (SSSR count). The van der Waals surface area contributed by atoms with Gasteiger partial charge in [0.15, 0.2) is 0 Å². The van der Waals surface area contributed by atoms with Gasteiger partial charge in [-0.1, -0.05) is 20.8 Å². The second-order valence-electron chi connectivity index (χ2n) is 3.97. The van der Waals surface area contributed by atoms with Gasteiger partial charge in [-0.15, -0.1) is 4.90 Å². The van der Waals surface area contributed by atoms with Crippen LogP contribution in [0.15, 0.2) is 41.3 Å². The van der Waals surface area contributed by atoms with E-state index in [4.69, 9.17) is 3.87 Å². The van der Waals surface area contributed by atoms with Crippen molar-refractivity contribution in [2.75, 3.05) is 6.26 Å². The SMILES string of the molecule is CSc1c[c-]ccc1.Cc1[c-]c(C)cc(C)c1.[O]=[Co]. The topological polar surface area (TPSA) is 17.1 Å². The molecule has 0 heterocycles. The summed E-state index contributed by atoms with van der Waals surface area (Å²) in [4.78, 5) is 1.27. The van der Waals surface area contributed by atoms with E-state index in [1.165, 1.54) is 21.6 Å². The van der Waals surface area contributed by atoms with Crippen molar-refractivity contribution in [2.45, 2.75) is 25.7 Å². The van der Waals surface area contributed by atoms with Gasteiger partial charge >= 0.3 is 19.5 Å². The fraction of sp³-hybridized carbons (Fsp3) is 0.250. The summed E-state index contributed by atoms with van der Waals surface area (Å²) in [6.45, 7) is 6.24. The number of hydrogen-bond acceptors (Lipinski definition) is 2. The summed E-state index contributed by atoms with van der Waals surface area (Å²) in [5.41, 5.74) is 3.78. The van der Waals surface area contributed by atoms with Crippen LogP contribution in [0.5, 0.6) is 0 Å². The molecule has 0 saturated heterocycles. The number of hydrogen-bond donors (Lipinski definition) is 0. The molecule has 19 heavy (non-hydrogen) atoms. The second kappa shape index (κ2) is 11.0. The molecule has 0 aliphatic carbocycles. The first-order valence-corrected chi connectivity index (χ1v) is 7.37. The van der Waals surface area contributed by atoms with Crippen LogP contribution >= 0.6 is 11.8 Å². The molecule has 0 aliphatic heterocycles. The van der Waals surface area contributed by atoms with E-state index in [1.807, 2.05) is 18.2 Å². The number of rotatable bonds is 1. The van der Waals surface area contributed by atoms with E-state index in [2.05, 4.69) is 73.0 Å². The van der Waals surface area contributed by atoms with Gasteiger partial charge in [-0.3, -0.25) is 0 Å². The number of thioether (sulfide) groups is 1. The Morgan fingerprint density at radius 3 is 2.00 bits per heavy atom. The first-order valence-electron chi connectivity index (χ1n) is 5.72. The molecule has 105 valence electrons. The number of aryl methyl sites for hydroxylation is 3. The van der Waals surface area contributed by atoms with Crippen LogP contribution in [0.25, 0.3) is 0 Å². The van der Waals surface area contributed by atoms with E-state index in [9.17, 15) is 0 Å². The third-order valence-electron chi connectivity index (χ3n) is 2.20. The Balaban J connectivity index is 0.000000303. The van der Waals surface area contributed by atoms with Crippen LogP contribution in [-0.2, 0) is 19.5 Å². The monoisotopic (exact) mass is 317 g/mol. The first-order chi connectivity index (χ1) is 9.11. The fourth-order valence-electron chi connectivity index (χ4n) is 1.61. The zero-order valence-electron chi connectivity index (χ0n) is 11.6. The van der Waals surface area contributed by atoms with Gasteiger partial charge < -0.3 is 0 Å². The Hall–Kier alpha value is -0.904. The van der Waals surface area contributed by atoms with Crippen LogP contribution in [0.4, 0.5) is 0 Å². The molecule has 2 aromatic rings. The van der Waals surface area contributed by atoms with E-state index >= 15 is 0 Å². The van der Waals surface area contributed by atoms with Crippen molar-refractivity contribution < 1.29 is 19.5 Å². The molecule has 2 aromatic carbocycles. The molecule has 0 saturated carbocycles. The predicted octanol–water partition coefficient (Wildman–Crippen LogP) is 4.50. The molecule has 0 fully saturated rings. The molecule has 0 aromatic heterocycles. The van der Waals surface area contributed by atoms with E-state index < -0.39 is 0 Å². The average molecular weight is 317 g/mol. The summed E-state index contributed by atoms with van der Waals surface area (Å²) in [6, 6.07) is 18.4. The molecule has 0 radical (unpaired) electrons. The molecule has 0 unspecified atom stereocenters. The average Bonchev–Trinajstić information content (AvgIpc) is 2.41. The Bertz CT molecular complexity index is 421. The van der Waals surface area contributed by atoms with Gasteiger partial charge in [-0.25, -0.2) is 0 Å². The Morgan fingerprint density at radius 2 is 1.68 bits per heavy atom. The summed E-state index contributed by atoms with van der Waals surface area (Å²) in [7, 11) is 0. The molecule has 0 aliphatic rings. The summed E-state index contributed by atoms with van der Waals surface area (Å²) in [6.07, 6.45) is 2.06. The Labute approximate surface area is 128 Å². The van der Waals surface area contributed by atoms with Crippen LogP contribution < -0.4 is 0 Å².